The molecule has 1 heterocycles. The second-order valence-corrected chi connectivity index (χ2v) is 4.09. The van der Waals surface area contributed by atoms with Gasteiger partial charge in [0.15, 0.2) is 0 Å². The molecule has 0 bridgehead atoms. The highest BCUT2D eigenvalue weighted by molar-refractivity contribution is 9.09. The van der Waals surface area contributed by atoms with Crippen LogP contribution in [0.25, 0.3) is 0 Å². The van der Waals surface area contributed by atoms with Gasteiger partial charge in [-0.1, -0.05) is 15.9 Å². The molecule has 0 aromatic rings. The first kappa shape index (κ1) is 11.5. The van der Waals surface area contributed by atoms with Gasteiger partial charge >= 0.3 is 0 Å². The molecule has 80 valence electrons. The van der Waals surface area contributed by atoms with Crippen LogP contribution in [-0.4, -0.2) is 45.8 Å². The van der Waals surface area contributed by atoms with E-state index in [0.29, 0.717) is 11.8 Å². The normalized spacial score (nSPS) is 26.6. The smallest absolute Gasteiger partial charge is 0.240 e. The molecule has 2 atom stereocenters. The first-order valence-corrected chi connectivity index (χ1v) is 5.51. The molecule has 1 rings (SSSR count). The van der Waals surface area contributed by atoms with Crippen molar-refractivity contribution in [3.8, 4) is 0 Å². The lowest BCUT2D eigenvalue weighted by Gasteiger charge is -2.21. The van der Waals surface area contributed by atoms with E-state index in [4.69, 9.17) is 5.73 Å². The second kappa shape index (κ2) is 4.75. The first-order valence-electron chi connectivity index (χ1n) is 4.39. The van der Waals surface area contributed by atoms with E-state index >= 15 is 0 Å². The van der Waals surface area contributed by atoms with Crippen LogP contribution in [0.15, 0.2) is 0 Å². The number of nitrogens with zero attached hydrogens (tertiary/aromatic N) is 1. The van der Waals surface area contributed by atoms with E-state index in [-0.39, 0.29) is 18.9 Å². The molecular weight excluding hydrogens is 252 g/mol. The zero-order valence-electron chi connectivity index (χ0n) is 7.65. The van der Waals surface area contributed by atoms with Gasteiger partial charge in [-0.25, -0.2) is 0 Å². The van der Waals surface area contributed by atoms with E-state index in [1.165, 1.54) is 4.90 Å². The average molecular weight is 265 g/mol. The zero-order chi connectivity index (χ0) is 10.7. The minimum atomic E-state index is -0.642. The minimum absolute atomic E-state index is 0.151. The quantitative estimate of drug-likeness (QED) is 0.656. The summed E-state index contributed by atoms with van der Waals surface area (Å²) in [6, 6.07) is -0.642. The van der Waals surface area contributed by atoms with Crippen molar-refractivity contribution in [2.24, 2.45) is 5.73 Å². The van der Waals surface area contributed by atoms with Gasteiger partial charge in [0.2, 0.25) is 11.8 Å². The van der Waals surface area contributed by atoms with Crippen molar-refractivity contribution in [3.05, 3.63) is 0 Å². The Labute approximate surface area is 90.4 Å². The van der Waals surface area contributed by atoms with Crippen molar-refractivity contribution >= 4 is 27.7 Å². The van der Waals surface area contributed by atoms with Gasteiger partial charge in [-0.3, -0.25) is 9.59 Å². The summed E-state index contributed by atoms with van der Waals surface area (Å²) < 4.78 is 0. The number of nitrogens with two attached hydrogens (primary N) is 1. The third kappa shape index (κ3) is 2.45. The Balaban J connectivity index is 2.66. The number of carbonyl (C=O) groups is 2. The summed E-state index contributed by atoms with van der Waals surface area (Å²) in [5.41, 5.74) is 5.13. The lowest BCUT2D eigenvalue weighted by Crippen LogP contribution is -2.43. The number of amides is 2. The number of likely N-dealkylation sites (tertiary alicyclic amines) is 1. The predicted molar refractivity (Wildman–Crippen MR) is 53.7 cm³/mol. The lowest BCUT2D eigenvalue weighted by atomic mass is 10.2. The number of hydrogen-bond donors (Lipinski definition) is 2. The topological polar surface area (TPSA) is 83.6 Å². The lowest BCUT2D eigenvalue weighted by molar-refractivity contribution is -0.137. The van der Waals surface area contributed by atoms with Crippen molar-refractivity contribution in [1.82, 2.24) is 4.90 Å². The van der Waals surface area contributed by atoms with Gasteiger partial charge in [-0.2, -0.15) is 0 Å². The van der Waals surface area contributed by atoms with Crippen LogP contribution < -0.4 is 5.73 Å². The summed E-state index contributed by atoms with van der Waals surface area (Å²) in [5.74, 6) is -0.702. The average Bonchev–Trinajstić information content (AvgIpc) is 2.48. The van der Waals surface area contributed by atoms with E-state index in [0.717, 1.165) is 0 Å². The molecule has 14 heavy (non-hydrogen) atoms. The number of alkyl halides is 1. The highest BCUT2D eigenvalue weighted by Crippen LogP contribution is 2.18. The number of rotatable bonds is 3. The molecule has 3 N–H and O–H groups in total. The maximum Gasteiger partial charge on any atom is 0.240 e. The molecule has 1 aliphatic heterocycles. The van der Waals surface area contributed by atoms with Crippen LogP contribution in [0.2, 0.25) is 0 Å². The number of aliphatic hydroxyl groups excluding tert-OH is 1. The molecule has 1 fully saturated rings. The molecule has 2 unspecified atom stereocenters. The fraction of sp³-hybridized carbons (Fsp3) is 0.750. The number of hydrogen-bond acceptors (Lipinski definition) is 3. The highest BCUT2D eigenvalue weighted by atomic mass is 79.9. The van der Waals surface area contributed by atoms with Crippen molar-refractivity contribution in [2.75, 3.05) is 11.9 Å². The minimum Gasteiger partial charge on any atom is -0.391 e. The molecule has 1 aliphatic rings. The maximum atomic E-state index is 11.5. The number of aliphatic hydroxyl groups is 1. The number of primary amides is 1. The highest BCUT2D eigenvalue weighted by Gasteiger charge is 2.37. The number of carbonyl (C=O) groups excluding carboxylic acids is 2. The monoisotopic (exact) mass is 264 g/mol. The largest absolute Gasteiger partial charge is 0.391 e. The van der Waals surface area contributed by atoms with Crippen LogP contribution in [0, 0.1) is 0 Å². The van der Waals surface area contributed by atoms with Crippen molar-refractivity contribution in [1.29, 1.82) is 0 Å². The summed E-state index contributed by atoms with van der Waals surface area (Å²) in [4.78, 5) is 23.8. The summed E-state index contributed by atoms with van der Waals surface area (Å²) in [6.45, 7) is 0.208. The van der Waals surface area contributed by atoms with Crippen LogP contribution in [0.4, 0.5) is 0 Å². The van der Waals surface area contributed by atoms with Crippen molar-refractivity contribution in [2.45, 2.75) is 25.0 Å². The summed E-state index contributed by atoms with van der Waals surface area (Å²) >= 11 is 3.14. The van der Waals surface area contributed by atoms with Gasteiger partial charge in [0.05, 0.1) is 6.10 Å². The molecule has 0 saturated carbocycles. The third-order valence-electron chi connectivity index (χ3n) is 2.24. The van der Waals surface area contributed by atoms with Crippen molar-refractivity contribution < 1.29 is 14.7 Å². The molecule has 0 radical (unpaired) electrons. The van der Waals surface area contributed by atoms with Gasteiger partial charge in [-0.05, 0) is 0 Å². The predicted octanol–water partition coefficient (Wildman–Crippen LogP) is -0.781. The Hall–Kier alpha value is -0.620. The van der Waals surface area contributed by atoms with E-state index in [1.807, 2.05) is 0 Å². The molecule has 0 aliphatic carbocycles. The molecule has 1 saturated heterocycles. The summed E-state index contributed by atoms with van der Waals surface area (Å²) in [5, 5.41) is 9.87. The van der Waals surface area contributed by atoms with Crippen LogP contribution in [0.3, 0.4) is 0 Å². The van der Waals surface area contributed by atoms with E-state index in [1.54, 1.807) is 0 Å². The van der Waals surface area contributed by atoms with Crippen molar-refractivity contribution in [3.63, 3.8) is 0 Å². The Kier molecular flexibility index (Phi) is 3.88. The Bertz CT molecular complexity index is 247. The second-order valence-electron chi connectivity index (χ2n) is 3.29. The zero-order valence-corrected chi connectivity index (χ0v) is 9.24. The van der Waals surface area contributed by atoms with Crippen LogP contribution >= 0.6 is 15.9 Å². The molecule has 0 aromatic carbocycles. The molecule has 2 amide bonds. The molecule has 5 nitrogen and oxygen atoms in total. The maximum absolute atomic E-state index is 11.5. The Morgan fingerprint density at radius 1 is 1.57 bits per heavy atom. The summed E-state index contributed by atoms with van der Waals surface area (Å²) in [6.07, 6.45) is -0.0633. The molecule has 6 heteroatoms. The standard InChI is InChI=1S/C8H13BrN2O3/c9-2-1-7(13)11-4-5(12)3-6(11)8(10)14/h5-6,12H,1-4H2,(H2,10,14). The third-order valence-corrected chi connectivity index (χ3v) is 2.63. The Morgan fingerprint density at radius 2 is 2.21 bits per heavy atom. The van der Waals surface area contributed by atoms with Crippen LogP contribution in [-0.2, 0) is 9.59 Å². The van der Waals surface area contributed by atoms with Crippen LogP contribution in [0.5, 0.6) is 0 Å². The molecule has 0 spiro atoms. The summed E-state index contributed by atoms with van der Waals surface area (Å²) in [7, 11) is 0. The SMILES string of the molecule is NC(=O)C1CC(O)CN1C(=O)CCBr. The fourth-order valence-corrected chi connectivity index (χ4v) is 1.92. The van der Waals surface area contributed by atoms with Gasteiger partial charge in [-0.15, -0.1) is 0 Å². The molecular formula is C8H13BrN2O3. The van der Waals surface area contributed by atoms with Crippen LogP contribution in [0.1, 0.15) is 12.8 Å². The first-order chi connectivity index (χ1) is 6.56. The number of β-amino-alcohol motifs (C(OH)–C–C–N with tert-alkyl or cyclic N) is 1. The van der Waals surface area contributed by atoms with Gasteiger partial charge in [0.25, 0.3) is 0 Å². The van der Waals surface area contributed by atoms with Gasteiger partial charge < -0.3 is 15.7 Å². The van der Waals surface area contributed by atoms with Gasteiger partial charge in [0, 0.05) is 24.7 Å². The van der Waals surface area contributed by atoms with E-state index in [9.17, 15) is 14.7 Å². The Morgan fingerprint density at radius 3 is 2.71 bits per heavy atom. The van der Waals surface area contributed by atoms with Gasteiger partial charge in [0.1, 0.15) is 6.04 Å². The fourth-order valence-electron chi connectivity index (χ4n) is 1.58. The van der Waals surface area contributed by atoms with E-state index < -0.39 is 18.1 Å². The van der Waals surface area contributed by atoms with E-state index in [2.05, 4.69) is 15.9 Å². The molecule has 0 aromatic heterocycles. The number of halogens is 1.